The van der Waals surface area contributed by atoms with Gasteiger partial charge >= 0.3 is 11.9 Å². The van der Waals surface area contributed by atoms with E-state index in [-0.39, 0.29) is 37.4 Å². The lowest BCUT2D eigenvalue weighted by Gasteiger charge is -2.19. The van der Waals surface area contributed by atoms with Crippen LogP contribution in [0, 0.1) is 11.8 Å². The monoisotopic (exact) mass is 737 g/mol. The molecule has 0 aromatic carbocycles. The van der Waals surface area contributed by atoms with E-state index in [1.54, 1.807) is 6.08 Å². The molecule has 0 aromatic heterocycles. The van der Waals surface area contributed by atoms with Crippen LogP contribution in [0.3, 0.4) is 0 Å². The van der Waals surface area contributed by atoms with E-state index < -0.39 is 30.4 Å². The fraction of sp³-hybridized carbons (Fsp3) is 0.864. The highest BCUT2D eigenvalue weighted by Crippen LogP contribution is 2.36. The van der Waals surface area contributed by atoms with Gasteiger partial charge in [-0.2, -0.15) is 0 Å². The van der Waals surface area contributed by atoms with Crippen LogP contribution in [0.1, 0.15) is 194 Å². The first-order chi connectivity index (χ1) is 25.3. The average Bonchev–Trinajstić information content (AvgIpc) is 3.40. The summed E-state index contributed by atoms with van der Waals surface area (Å²) in [5.74, 6) is -1.05. The first kappa shape index (κ1) is 48.3. The molecule has 1 rings (SSSR count). The molecule has 1 aliphatic rings. The first-order valence-electron chi connectivity index (χ1n) is 21.6. The molecule has 1 fully saturated rings. The second-order valence-corrected chi connectivity index (χ2v) is 15.4. The average molecular weight is 737 g/mol. The largest absolute Gasteiger partial charge is 0.463 e. The Morgan fingerprint density at radius 1 is 0.615 bits per heavy atom. The molecule has 0 aromatic rings. The Labute approximate surface area is 318 Å². The molecule has 52 heavy (non-hydrogen) atoms. The van der Waals surface area contributed by atoms with Crippen molar-refractivity contribution in [3.05, 3.63) is 24.3 Å². The van der Waals surface area contributed by atoms with Crippen LogP contribution in [-0.2, 0) is 19.1 Å². The van der Waals surface area contributed by atoms with Crippen LogP contribution in [0.25, 0.3) is 0 Å². The number of esters is 2. The molecule has 0 radical (unpaired) electrons. The third-order valence-corrected chi connectivity index (χ3v) is 10.5. The lowest BCUT2D eigenvalue weighted by atomic mass is 9.89. The van der Waals surface area contributed by atoms with Crippen molar-refractivity contribution >= 4 is 11.9 Å². The molecular weight excluding hydrogens is 656 g/mol. The van der Waals surface area contributed by atoms with E-state index in [4.69, 9.17) is 9.47 Å². The van der Waals surface area contributed by atoms with Crippen LogP contribution in [-0.4, -0.2) is 70.0 Å². The molecule has 0 saturated heterocycles. The van der Waals surface area contributed by atoms with Crippen LogP contribution < -0.4 is 0 Å². The summed E-state index contributed by atoms with van der Waals surface area (Å²) in [5, 5.41) is 41.2. The van der Waals surface area contributed by atoms with Crippen LogP contribution >= 0.6 is 0 Å². The minimum Gasteiger partial charge on any atom is -0.463 e. The smallest absolute Gasteiger partial charge is 0.305 e. The number of unbranched alkanes of at least 4 members (excludes halogenated alkanes) is 20. The van der Waals surface area contributed by atoms with Crippen LogP contribution in [0.2, 0.25) is 0 Å². The number of carbonyl (C=O) groups excluding carboxylic acids is 2. The number of rotatable bonds is 35. The Balaban J connectivity index is 1.99. The van der Waals surface area contributed by atoms with Crippen molar-refractivity contribution in [3.8, 4) is 0 Å². The number of allylic oxidation sites excluding steroid dienone is 2. The maximum Gasteiger partial charge on any atom is 0.305 e. The minimum absolute atomic E-state index is 0.116. The van der Waals surface area contributed by atoms with Gasteiger partial charge in [0.05, 0.1) is 18.3 Å². The summed E-state index contributed by atoms with van der Waals surface area (Å²) in [6.45, 7) is 4.02. The number of aliphatic hydroxyl groups excluding tert-OH is 4. The van der Waals surface area contributed by atoms with E-state index in [1.165, 1.54) is 96.3 Å². The van der Waals surface area contributed by atoms with Crippen molar-refractivity contribution in [3.63, 3.8) is 0 Å². The van der Waals surface area contributed by atoms with Gasteiger partial charge in [0, 0.05) is 25.2 Å². The molecular formula is C44H80O8. The normalized spacial score (nSPS) is 20.2. The lowest BCUT2D eigenvalue weighted by molar-refractivity contribution is -0.152. The van der Waals surface area contributed by atoms with Gasteiger partial charge in [0.2, 0.25) is 0 Å². The SMILES string of the molecule is CCCCCCCCCCCCCCCCCCCCC(=O)OC[C@H](O)COC(=O)CCC/C=C/C[C@@H]1[C@@H](/C=C/[C@@H](O)CCCCC)[C@H](O)C[C@@H]1O. The molecule has 0 unspecified atom stereocenters. The summed E-state index contributed by atoms with van der Waals surface area (Å²) in [4.78, 5) is 24.1. The molecule has 1 saturated carbocycles. The van der Waals surface area contributed by atoms with E-state index >= 15 is 0 Å². The first-order valence-corrected chi connectivity index (χ1v) is 21.6. The summed E-state index contributed by atoms with van der Waals surface area (Å²) in [6, 6.07) is 0. The fourth-order valence-corrected chi connectivity index (χ4v) is 7.14. The Hall–Kier alpha value is -1.74. The number of carbonyl (C=O) groups is 2. The predicted molar refractivity (Wildman–Crippen MR) is 212 cm³/mol. The van der Waals surface area contributed by atoms with Gasteiger partial charge in [-0.3, -0.25) is 9.59 Å². The highest BCUT2D eigenvalue weighted by atomic mass is 16.6. The van der Waals surface area contributed by atoms with Crippen molar-refractivity contribution in [2.24, 2.45) is 11.8 Å². The zero-order valence-electron chi connectivity index (χ0n) is 33.4. The Morgan fingerprint density at radius 2 is 1.08 bits per heavy atom. The summed E-state index contributed by atoms with van der Waals surface area (Å²) in [7, 11) is 0. The van der Waals surface area contributed by atoms with E-state index in [1.807, 2.05) is 18.2 Å². The molecule has 304 valence electrons. The number of hydrogen-bond acceptors (Lipinski definition) is 8. The Morgan fingerprint density at radius 3 is 1.60 bits per heavy atom. The van der Waals surface area contributed by atoms with E-state index in [0.717, 1.165) is 38.5 Å². The Kier molecular flexibility index (Phi) is 31.4. The van der Waals surface area contributed by atoms with E-state index in [0.29, 0.717) is 38.5 Å². The highest BCUT2D eigenvalue weighted by molar-refractivity contribution is 5.69. The summed E-state index contributed by atoms with van der Waals surface area (Å²) < 4.78 is 10.3. The van der Waals surface area contributed by atoms with Crippen LogP contribution in [0.5, 0.6) is 0 Å². The summed E-state index contributed by atoms with van der Waals surface area (Å²) in [6.07, 6.45) is 34.8. The standard InChI is InChI=1S/C44H80O8/c1-3-5-7-8-9-10-11-12-13-14-15-16-17-18-19-20-21-26-30-43(49)51-35-38(46)36-52-44(50)31-27-23-22-25-29-39-40(42(48)34-41(39)47)33-32-37(45)28-24-6-4-2/h22,25,32-33,37-42,45-48H,3-21,23-24,26-31,34-36H2,1-2H3/b25-22+,33-32+/t37-,38-,39+,40+,41-,42+/m0/s1. The van der Waals surface area contributed by atoms with Gasteiger partial charge in [0.1, 0.15) is 19.3 Å². The van der Waals surface area contributed by atoms with Gasteiger partial charge in [0.15, 0.2) is 0 Å². The van der Waals surface area contributed by atoms with E-state index in [2.05, 4.69) is 13.8 Å². The molecule has 8 nitrogen and oxygen atoms in total. The van der Waals surface area contributed by atoms with E-state index in [9.17, 15) is 30.0 Å². The van der Waals surface area contributed by atoms with Crippen molar-refractivity contribution in [1.29, 1.82) is 0 Å². The second-order valence-electron chi connectivity index (χ2n) is 15.4. The molecule has 6 atom stereocenters. The minimum atomic E-state index is -1.04. The van der Waals surface area contributed by atoms with Gasteiger partial charge in [-0.15, -0.1) is 0 Å². The molecule has 0 amide bonds. The number of aliphatic hydroxyl groups is 4. The highest BCUT2D eigenvalue weighted by Gasteiger charge is 2.39. The third-order valence-electron chi connectivity index (χ3n) is 10.5. The second kappa shape index (κ2) is 33.8. The summed E-state index contributed by atoms with van der Waals surface area (Å²) in [5.41, 5.74) is 0. The maximum atomic E-state index is 12.1. The fourth-order valence-electron chi connectivity index (χ4n) is 7.14. The summed E-state index contributed by atoms with van der Waals surface area (Å²) >= 11 is 0. The molecule has 0 spiro atoms. The molecule has 8 heteroatoms. The Bertz CT molecular complexity index is 905. The van der Waals surface area contributed by atoms with Crippen molar-refractivity contribution < 1.29 is 39.5 Å². The number of hydrogen-bond donors (Lipinski definition) is 4. The quantitative estimate of drug-likeness (QED) is 0.0287. The van der Waals surface area contributed by atoms with Gasteiger partial charge < -0.3 is 29.9 Å². The maximum absolute atomic E-state index is 12.1. The van der Waals surface area contributed by atoms with Crippen molar-refractivity contribution in [1.82, 2.24) is 0 Å². The molecule has 4 N–H and O–H groups in total. The van der Waals surface area contributed by atoms with Crippen LogP contribution in [0.4, 0.5) is 0 Å². The molecule has 0 aliphatic heterocycles. The van der Waals surface area contributed by atoms with Crippen molar-refractivity contribution in [2.75, 3.05) is 13.2 Å². The van der Waals surface area contributed by atoms with Gasteiger partial charge in [-0.1, -0.05) is 167 Å². The number of ether oxygens (including phenoxy) is 2. The zero-order chi connectivity index (χ0) is 38.1. The van der Waals surface area contributed by atoms with Crippen molar-refractivity contribution in [2.45, 2.75) is 218 Å². The molecule has 0 heterocycles. The van der Waals surface area contributed by atoms with Gasteiger partial charge in [-0.25, -0.2) is 0 Å². The van der Waals surface area contributed by atoms with Gasteiger partial charge in [0.25, 0.3) is 0 Å². The molecule has 0 bridgehead atoms. The third kappa shape index (κ3) is 26.9. The predicted octanol–water partition coefficient (Wildman–Crippen LogP) is 9.84. The van der Waals surface area contributed by atoms with Crippen LogP contribution in [0.15, 0.2) is 24.3 Å². The molecule has 1 aliphatic carbocycles. The topological polar surface area (TPSA) is 134 Å². The lowest BCUT2D eigenvalue weighted by Crippen LogP contribution is -2.25. The zero-order valence-corrected chi connectivity index (χ0v) is 33.4. The van der Waals surface area contributed by atoms with Gasteiger partial charge in [-0.05, 0) is 38.0 Å².